The summed E-state index contributed by atoms with van der Waals surface area (Å²) < 4.78 is 10.5. The smallest absolute Gasteiger partial charge is 0.227 e. The molecule has 1 saturated heterocycles. The van der Waals surface area contributed by atoms with Gasteiger partial charge >= 0.3 is 0 Å². The Morgan fingerprint density at radius 1 is 1.44 bits per heavy atom. The van der Waals surface area contributed by atoms with E-state index in [4.69, 9.17) is 21.1 Å². The van der Waals surface area contributed by atoms with Crippen molar-refractivity contribution in [3.05, 3.63) is 28.8 Å². The zero-order valence-corrected chi connectivity index (χ0v) is 11.1. The summed E-state index contributed by atoms with van der Waals surface area (Å²) in [6.07, 6.45) is 0.309. The lowest BCUT2D eigenvalue weighted by Gasteiger charge is -2.27. The predicted octanol–water partition coefficient (Wildman–Crippen LogP) is 1.75. The molecule has 0 N–H and O–H groups in total. The van der Waals surface area contributed by atoms with Gasteiger partial charge < -0.3 is 14.4 Å². The Hall–Kier alpha value is -1.26. The third-order valence-electron chi connectivity index (χ3n) is 2.95. The van der Waals surface area contributed by atoms with Gasteiger partial charge in [0.15, 0.2) is 0 Å². The number of benzene rings is 1. The highest BCUT2D eigenvalue weighted by atomic mass is 35.5. The fourth-order valence-electron chi connectivity index (χ4n) is 1.97. The van der Waals surface area contributed by atoms with E-state index in [0.29, 0.717) is 43.5 Å². The lowest BCUT2D eigenvalue weighted by molar-refractivity contribution is -0.134. The first-order valence-electron chi connectivity index (χ1n) is 5.88. The summed E-state index contributed by atoms with van der Waals surface area (Å²) in [5.74, 6) is 0.778. The number of halogens is 1. The Balaban J connectivity index is 2.07. The van der Waals surface area contributed by atoms with E-state index in [-0.39, 0.29) is 5.91 Å². The molecule has 0 radical (unpaired) electrons. The van der Waals surface area contributed by atoms with Crippen molar-refractivity contribution >= 4 is 17.5 Å². The number of methoxy groups -OCH3 is 1. The van der Waals surface area contributed by atoms with E-state index in [1.807, 2.05) is 4.90 Å². The fraction of sp³-hybridized carbons (Fsp3) is 0.462. The number of ether oxygens (including phenoxy) is 2. The summed E-state index contributed by atoms with van der Waals surface area (Å²) in [6, 6.07) is 5.31. The minimum absolute atomic E-state index is 0.0823. The van der Waals surface area contributed by atoms with Crippen LogP contribution in [0.3, 0.4) is 0 Å². The molecule has 1 aliphatic heterocycles. The van der Waals surface area contributed by atoms with Crippen LogP contribution >= 0.6 is 11.6 Å². The van der Waals surface area contributed by atoms with Crippen LogP contribution in [0, 0.1) is 0 Å². The average molecular weight is 270 g/mol. The van der Waals surface area contributed by atoms with Gasteiger partial charge in [0.2, 0.25) is 5.91 Å². The number of hydrogen-bond acceptors (Lipinski definition) is 3. The fourth-order valence-corrected chi connectivity index (χ4v) is 2.17. The molecule has 98 valence electrons. The zero-order valence-electron chi connectivity index (χ0n) is 10.3. The summed E-state index contributed by atoms with van der Waals surface area (Å²) in [7, 11) is 1.59. The molecule has 1 aliphatic rings. The Morgan fingerprint density at radius 2 is 2.17 bits per heavy atom. The molecular weight excluding hydrogens is 254 g/mol. The molecule has 1 amide bonds. The molecule has 0 spiro atoms. The van der Waals surface area contributed by atoms with Crippen molar-refractivity contribution in [2.24, 2.45) is 0 Å². The van der Waals surface area contributed by atoms with Crippen LogP contribution < -0.4 is 4.74 Å². The first kappa shape index (κ1) is 13.2. The normalized spacial score (nSPS) is 15.6. The van der Waals surface area contributed by atoms with Gasteiger partial charge in [0.25, 0.3) is 0 Å². The number of rotatable bonds is 3. The summed E-state index contributed by atoms with van der Waals surface area (Å²) in [4.78, 5) is 13.9. The summed E-state index contributed by atoms with van der Waals surface area (Å²) in [6.45, 7) is 2.53. The molecule has 18 heavy (non-hydrogen) atoms. The highest BCUT2D eigenvalue weighted by Crippen LogP contribution is 2.23. The molecule has 0 aromatic heterocycles. The van der Waals surface area contributed by atoms with E-state index in [2.05, 4.69) is 0 Å². The van der Waals surface area contributed by atoms with Crippen molar-refractivity contribution in [3.8, 4) is 5.75 Å². The predicted molar refractivity (Wildman–Crippen MR) is 69.1 cm³/mol. The van der Waals surface area contributed by atoms with E-state index in [0.717, 1.165) is 5.56 Å². The molecule has 2 rings (SSSR count). The van der Waals surface area contributed by atoms with Gasteiger partial charge in [-0.25, -0.2) is 0 Å². The Kier molecular flexibility index (Phi) is 4.44. The van der Waals surface area contributed by atoms with Crippen molar-refractivity contribution in [2.75, 3.05) is 33.4 Å². The molecule has 1 aromatic carbocycles. The number of morpholine rings is 1. The first-order valence-corrected chi connectivity index (χ1v) is 6.26. The minimum Gasteiger partial charge on any atom is -0.496 e. The Bertz CT molecular complexity index is 430. The molecule has 4 nitrogen and oxygen atoms in total. The maximum absolute atomic E-state index is 12.1. The molecule has 1 fully saturated rings. The lowest BCUT2D eigenvalue weighted by atomic mass is 10.1. The van der Waals surface area contributed by atoms with Gasteiger partial charge in [-0.2, -0.15) is 0 Å². The maximum atomic E-state index is 12.1. The van der Waals surface area contributed by atoms with Gasteiger partial charge in [-0.3, -0.25) is 4.79 Å². The van der Waals surface area contributed by atoms with Crippen LogP contribution in [-0.2, 0) is 16.0 Å². The molecule has 5 heteroatoms. The third-order valence-corrected chi connectivity index (χ3v) is 3.18. The van der Waals surface area contributed by atoms with E-state index in [9.17, 15) is 4.79 Å². The molecule has 0 aliphatic carbocycles. The van der Waals surface area contributed by atoms with Crippen LogP contribution in [0.2, 0.25) is 5.02 Å². The van der Waals surface area contributed by atoms with Crippen molar-refractivity contribution in [2.45, 2.75) is 6.42 Å². The monoisotopic (exact) mass is 269 g/mol. The lowest BCUT2D eigenvalue weighted by Crippen LogP contribution is -2.41. The Morgan fingerprint density at radius 3 is 2.83 bits per heavy atom. The van der Waals surface area contributed by atoms with Gasteiger partial charge in [0, 0.05) is 23.7 Å². The van der Waals surface area contributed by atoms with Gasteiger partial charge in [-0.15, -0.1) is 0 Å². The molecule has 1 heterocycles. The molecule has 0 saturated carbocycles. The SMILES string of the molecule is COc1ccc(Cl)cc1CC(=O)N1CCOCC1. The Labute approximate surface area is 111 Å². The van der Waals surface area contributed by atoms with Gasteiger partial charge in [0.1, 0.15) is 5.75 Å². The topological polar surface area (TPSA) is 38.8 Å². The molecular formula is C13H16ClNO3. The number of nitrogens with zero attached hydrogens (tertiary/aromatic N) is 1. The van der Waals surface area contributed by atoms with Crippen molar-refractivity contribution in [3.63, 3.8) is 0 Å². The summed E-state index contributed by atoms with van der Waals surface area (Å²) in [5, 5.41) is 0.612. The first-order chi connectivity index (χ1) is 8.70. The van der Waals surface area contributed by atoms with E-state index >= 15 is 0 Å². The second kappa shape index (κ2) is 6.07. The van der Waals surface area contributed by atoms with Gasteiger partial charge in [-0.1, -0.05) is 11.6 Å². The molecule has 0 bridgehead atoms. The second-order valence-corrected chi connectivity index (χ2v) is 4.56. The zero-order chi connectivity index (χ0) is 13.0. The third kappa shape index (κ3) is 3.15. The number of hydrogen-bond donors (Lipinski definition) is 0. The quantitative estimate of drug-likeness (QED) is 0.839. The highest BCUT2D eigenvalue weighted by Gasteiger charge is 2.18. The highest BCUT2D eigenvalue weighted by molar-refractivity contribution is 6.30. The van der Waals surface area contributed by atoms with E-state index < -0.39 is 0 Å². The largest absolute Gasteiger partial charge is 0.496 e. The minimum atomic E-state index is 0.0823. The number of carbonyl (C=O) groups is 1. The van der Waals surface area contributed by atoms with Crippen LogP contribution in [0.5, 0.6) is 5.75 Å². The molecule has 0 atom stereocenters. The number of amides is 1. The van der Waals surface area contributed by atoms with E-state index in [1.165, 1.54) is 0 Å². The summed E-state index contributed by atoms with van der Waals surface area (Å²) >= 11 is 5.94. The molecule has 1 aromatic rings. The van der Waals surface area contributed by atoms with E-state index in [1.54, 1.807) is 25.3 Å². The van der Waals surface area contributed by atoms with Crippen molar-refractivity contribution < 1.29 is 14.3 Å². The van der Waals surface area contributed by atoms with Gasteiger partial charge in [-0.05, 0) is 18.2 Å². The van der Waals surface area contributed by atoms with Gasteiger partial charge in [0.05, 0.1) is 26.7 Å². The van der Waals surface area contributed by atoms with Crippen molar-refractivity contribution in [1.29, 1.82) is 0 Å². The second-order valence-electron chi connectivity index (χ2n) is 4.13. The van der Waals surface area contributed by atoms with Crippen LogP contribution in [0.15, 0.2) is 18.2 Å². The van der Waals surface area contributed by atoms with Crippen LogP contribution in [0.25, 0.3) is 0 Å². The summed E-state index contributed by atoms with van der Waals surface area (Å²) in [5.41, 5.74) is 0.821. The van der Waals surface area contributed by atoms with Crippen LogP contribution in [-0.4, -0.2) is 44.2 Å². The average Bonchev–Trinajstić information content (AvgIpc) is 2.40. The standard InChI is InChI=1S/C13H16ClNO3/c1-17-12-3-2-11(14)8-10(12)9-13(16)15-4-6-18-7-5-15/h2-3,8H,4-7,9H2,1H3. The number of carbonyl (C=O) groups excluding carboxylic acids is 1. The maximum Gasteiger partial charge on any atom is 0.227 e. The van der Waals surface area contributed by atoms with Crippen LogP contribution in [0.1, 0.15) is 5.56 Å². The van der Waals surface area contributed by atoms with Crippen molar-refractivity contribution in [1.82, 2.24) is 4.90 Å². The van der Waals surface area contributed by atoms with Crippen LogP contribution in [0.4, 0.5) is 0 Å². The molecule has 0 unspecified atom stereocenters.